The fraction of sp³-hybridized carbons (Fsp3) is 0.0400. The minimum Gasteiger partial charge on any atom is -0.270 e. The normalized spacial score (nSPS) is 13.2. The van der Waals surface area contributed by atoms with Gasteiger partial charge in [-0.2, -0.15) is 0 Å². The lowest BCUT2D eigenvalue weighted by Gasteiger charge is -2.14. The summed E-state index contributed by atoms with van der Waals surface area (Å²) in [6, 6.07) is 29.2. The molecule has 0 atom stereocenters. The molecule has 0 radical (unpaired) electrons. The topological polar surface area (TPSA) is 37.4 Å². The number of imide groups is 1. The van der Waals surface area contributed by atoms with E-state index in [-0.39, 0.29) is 18.4 Å². The summed E-state index contributed by atoms with van der Waals surface area (Å²) in [4.78, 5) is 27.9. The molecule has 0 N–H and O–H groups in total. The highest BCUT2D eigenvalue weighted by molar-refractivity contribution is 6.27. The summed E-state index contributed by atoms with van der Waals surface area (Å²) in [5, 5.41) is 1.94. The molecule has 134 valence electrons. The Morgan fingerprint density at radius 3 is 2.04 bits per heavy atom. The average molecular weight is 363 g/mol. The number of hydrogen-bond acceptors (Lipinski definition) is 2. The second-order valence-electron chi connectivity index (χ2n) is 6.94. The van der Waals surface area contributed by atoms with Gasteiger partial charge in [0.1, 0.15) is 0 Å². The summed E-state index contributed by atoms with van der Waals surface area (Å²) in [6.07, 6.45) is 0. The Kier molecular flexibility index (Phi) is 3.80. The lowest BCUT2D eigenvalue weighted by molar-refractivity contribution is 0.0642. The standard InChI is InChI=1S/C25H17NO2/c27-24-21-15-19-13-7-8-14-20(19)22(18-11-5-2-6-12-18)23(21)25(28)26(24)16-17-9-3-1-4-10-17/h1-15H,16H2. The Bertz CT molecular complexity index is 1210. The molecule has 2 amide bonds. The van der Waals surface area contributed by atoms with Crippen LogP contribution in [0.4, 0.5) is 0 Å². The Morgan fingerprint density at radius 2 is 1.29 bits per heavy atom. The van der Waals surface area contributed by atoms with Crippen molar-refractivity contribution >= 4 is 22.6 Å². The summed E-state index contributed by atoms with van der Waals surface area (Å²) in [6.45, 7) is 0.276. The first kappa shape index (κ1) is 16.5. The van der Waals surface area contributed by atoms with Crippen molar-refractivity contribution in [3.8, 4) is 11.1 Å². The molecule has 1 aliphatic heterocycles. The predicted molar refractivity (Wildman–Crippen MR) is 110 cm³/mol. The van der Waals surface area contributed by atoms with Crippen LogP contribution in [-0.2, 0) is 6.54 Å². The number of amides is 2. The van der Waals surface area contributed by atoms with E-state index in [1.165, 1.54) is 4.90 Å². The molecule has 0 spiro atoms. The van der Waals surface area contributed by atoms with Gasteiger partial charge in [-0.05, 0) is 28.0 Å². The van der Waals surface area contributed by atoms with Gasteiger partial charge in [-0.1, -0.05) is 84.9 Å². The lowest BCUT2D eigenvalue weighted by Crippen LogP contribution is -2.29. The molecule has 0 unspecified atom stereocenters. The summed E-state index contributed by atoms with van der Waals surface area (Å²) < 4.78 is 0. The van der Waals surface area contributed by atoms with Gasteiger partial charge in [0.25, 0.3) is 11.8 Å². The number of carbonyl (C=O) groups is 2. The molecular formula is C25H17NO2. The number of nitrogens with zero attached hydrogens (tertiary/aromatic N) is 1. The summed E-state index contributed by atoms with van der Waals surface area (Å²) in [5.41, 5.74) is 3.70. The second-order valence-corrected chi connectivity index (χ2v) is 6.94. The minimum absolute atomic E-state index is 0.228. The van der Waals surface area contributed by atoms with Crippen LogP contribution in [0, 0.1) is 0 Å². The van der Waals surface area contributed by atoms with E-state index in [0.29, 0.717) is 11.1 Å². The third-order valence-corrected chi connectivity index (χ3v) is 5.23. The van der Waals surface area contributed by atoms with Crippen molar-refractivity contribution in [2.45, 2.75) is 6.54 Å². The Labute approximate surface area is 162 Å². The van der Waals surface area contributed by atoms with E-state index in [1.54, 1.807) is 0 Å². The molecule has 3 nitrogen and oxygen atoms in total. The first-order chi connectivity index (χ1) is 13.7. The summed E-state index contributed by atoms with van der Waals surface area (Å²) in [5.74, 6) is -0.458. The number of benzene rings is 4. The molecule has 1 heterocycles. The van der Waals surface area contributed by atoms with E-state index in [4.69, 9.17) is 0 Å². The zero-order chi connectivity index (χ0) is 19.1. The molecular weight excluding hydrogens is 346 g/mol. The van der Waals surface area contributed by atoms with Gasteiger partial charge < -0.3 is 0 Å². The summed E-state index contributed by atoms with van der Waals surface area (Å²) >= 11 is 0. The monoisotopic (exact) mass is 363 g/mol. The van der Waals surface area contributed by atoms with Gasteiger partial charge in [-0.15, -0.1) is 0 Å². The van der Waals surface area contributed by atoms with Crippen molar-refractivity contribution in [2.24, 2.45) is 0 Å². The van der Waals surface area contributed by atoms with Crippen molar-refractivity contribution in [3.63, 3.8) is 0 Å². The fourth-order valence-corrected chi connectivity index (χ4v) is 3.93. The van der Waals surface area contributed by atoms with E-state index in [2.05, 4.69) is 0 Å². The van der Waals surface area contributed by atoms with Gasteiger partial charge in [0.05, 0.1) is 17.7 Å². The molecule has 0 saturated carbocycles. The van der Waals surface area contributed by atoms with E-state index < -0.39 is 0 Å². The highest BCUT2D eigenvalue weighted by Gasteiger charge is 2.38. The van der Waals surface area contributed by atoms with Crippen LogP contribution >= 0.6 is 0 Å². The first-order valence-corrected chi connectivity index (χ1v) is 9.25. The largest absolute Gasteiger partial charge is 0.270 e. The summed E-state index contributed by atoms with van der Waals surface area (Å²) in [7, 11) is 0. The van der Waals surface area contributed by atoms with E-state index in [1.807, 2.05) is 91.0 Å². The second kappa shape index (κ2) is 6.46. The molecule has 0 aliphatic carbocycles. The zero-order valence-electron chi connectivity index (χ0n) is 15.1. The first-order valence-electron chi connectivity index (χ1n) is 9.25. The van der Waals surface area contributed by atoms with Gasteiger partial charge in [0.15, 0.2) is 0 Å². The van der Waals surface area contributed by atoms with Crippen LogP contribution in [-0.4, -0.2) is 16.7 Å². The maximum Gasteiger partial charge on any atom is 0.262 e. The van der Waals surface area contributed by atoms with Gasteiger partial charge in [-0.3, -0.25) is 14.5 Å². The number of hydrogen-bond donors (Lipinski definition) is 0. The van der Waals surface area contributed by atoms with Crippen LogP contribution < -0.4 is 0 Å². The van der Waals surface area contributed by atoms with Crippen molar-refractivity contribution in [2.75, 3.05) is 0 Å². The van der Waals surface area contributed by atoms with Crippen molar-refractivity contribution in [1.29, 1.82) is 0 Å². The average Bonchev–Trinajstić information content (AvgIpc) is 2.98. The van der Waals surface area contributed by atoms with Crippen LogP contribution in [0.15, 0.2) is 91.0 Å². The smallest absolute Gasteiger partial charge is 0.262 e. The maximum atomic E-state index is 13.4. The van der Waals surface area contributed by atoms with Gasteiger partial charge >= 0.3 is 0 Å². The maximum absolute atomic E-state index is 13.4. The zero-order valence-corrected chi connectivity index (χ0v) is 15.1. The highest BCUT2D eigenvalue weighted by atomic mass is 16.2. The Balaban J connectivity index is 1.73. The van der Waals surface area contributed by atoms with Crippen LogP contribution in [0.1, 0.15) is 26.3 Å². The van der Waals surface area contributed by atoms with Crippen molar-refractivity contribution < 1.29 is 9.59 Å². The van der Waals surface area contributed by atoms with Crippen LogP contribution in [0.5, 0.6) is 0 Å². The molecule has 28 heavy (non-hydrogen) atoms. The quantitative estimate of drug-likeness (QED) is 0.463. The van der Waals surface area contributed by atoms with Crippen LogP contribution in [0.2, 0.25) is 0 Å². The minimum atomic E-state index is -0.230. The molecule has 1 aliphatic rings. The van der Waals surface area contributed by atoms with Crippen LogP contribution in [0.25, 0.3) is 21.9 Å². The van der Waals surface area contributed by atoms with Crippen molar-refractivity contribution in [3.05, 3.63) is 108 Å². The molecule has 4 aromatic carbocycles. The number of fused-ring (bicyclic) bond motifs is 2. The Hall–Kier alpha value is -3.72. The molecule has 3 heteroatoms. The SMILES string of the molecule is O=C1c2cc3ccccc3c(-c3ccccc3)c2C(=O)N1Cc1ccccc1. The lowest BCUT2D eigenvalue weighted by atomic mass is 9.90. The third kappa shape index (κ3) is 2.52. The molecule has 0 fully saturated rings. The van der Waals surface area contributed by atoms with Gasteiger partial charge in [0.2, 0.25) is 0 Å². The van der Waals surface area contributed by atoms with E-state index in [0.717, 1.165) is 27.5 Å². The van der Waals surface area contributed by atoms with E-state index in [9.17, 15) is 9.59 Å². The number of rotatable bonds is 3. The van der Waals surface area contributed by atoms with E-state index >= 15 is 0 Å². The predicted octanol–water partition coefficient (Wildman–Crippen LogP) is 5.30. The molecule has 0 bridgehead atoms. The molecule has 0 saturated heterocycles. The third-order valence-electron chi connectivity index (χ3n) is 5.23. The molecule has 4 aromatic rings. The van der Waals surface area contributed by atoms with Crippen LogP contribution in [0.3, 0.4) is 0 Å². The van der Waals surface area contributed by atoms with Crippen molar-refractivity contribution in [1.82, 2.24) is 4.90 Å². The van der Waals surface area contributed by atoms with Gasteiger partial charge in [0, 0.05) is 5.56 Å². The van der Waals surface area contributed by atoms with Gasteiger partial charge in [-0.25, -0.2) is 0 Å². The molecule has 5 rings (SSSR count). The molecule has 0 aromatic heterocycles. The fourth-order valence-electron chi connectivity index (χ4n) is 3.93. The number of carbonyl (C=O) groups excluding carboxylic acids is 2. The highest BCUT2D eigenvalue weighted by Crippen LogP contribution is 2.39. The Morgan fingerprint density at radius 1 is 0.643 bits per heavy atom.